The average molecular weight is 343 g/mol. The van der Waals surface area contributed by atoms with E-state index in [1.807, 2.05) is 0 Å². The van der Waals surface area contributed by atoms with Crippen molar-refractivity contribution in [3.63, 3.8) is 0 Å². The molecule has 1 aromatic heterocycles. The van der Waals surface area contributed by atoms with Crippen molar-refractivity contribution in [3.8, 4) is 0 Å². The standard InChI is InChI=1S/C18H15F2N3O2/c1-22(10-11-4-3-5-12(19)8-11)18(25)16-17(24)14-9-13(20)6-7-15(14)23(2)21-16/h3-9H,10H2,1-2H3. The third kappa shape index (κ3) is 3.26. The van der Waals surface area contributed by atoms with Crippen LogP contribution in [0.3, 0.4) is 0 Å². The molecule has 3 aromatic rings. The summed E-state index contributed by atoms with van der Waals surface area (Å²) in [4.78, 5) is 26.4. The minimum absolute atomic E-state index is 0.0833. The van der Waals surface area contributed by atoms with Gasteiger partial charge >= 0.3 is 0 Å². The van der Waals surface area contributed by atoms with Gasteiger partial charge in [0.15, 0.2) is 5.69 Å². The van der Waals surface area contributed by atoms with Gasteiger partial charge in [-0.3, -0.25) is 14.3 Å². The third-order valence-corrected chi connectivity index (χ3v) is 3.87. The number of fused-ring (bicyclic) bond motifs is 1. The zero-order valence-electron chi connectivity index (χ0n) is 13.7. The van der Waals surface area contributed by atoms with Gasteiger partial charge in [-0.25, -0.2) is 8.78 Å². The number of carbonyl (C=O) groups excluding carboxylic acids is 1. The largest absolute Gasteiger partial charge is 0.336 e. The normalized spacial score (nSPS) is 10.9. The molecule has 0 spiro atoms. The molecule has 0 aliphatic heterocycles. The van der Waals surface area contributed by atoms with E-state index in [-0.39, 0.29) is 17.6 Å². The van der Waals surface area contributed by atoms with Crippen molar-refractivity contribution in [2.45, 2.75) is 6.54 Å². The Kier molecular flexibility index (Phi) is 4.31. The highest BCUT2D eigenvalue weighted by molar-refractivity contribution is 5.95. The van der Waals surface area contributed by atoms with Gasteiger partial charge < -0.3 is 4.90 Å². The average Bonchev–Trinajstić information content (AvgIpc) is 2.57. The second-order valence-electron chi connectivity index (χ2n) is 5.75. The Balaban J connectivity index is 1.99. The number of benzene rings is 2. The fraction of sp³-hybridized carbons (Fsp3) is 0.167. The minimum atomic E-state index is -0.635. The second kappa shape index (κ2) is 6.43. The van der Waals surface area contributed by atoms with Crippen LogP contribution in [-0.4, -0.2) is 27.6 Å². The Labute approximate surface area is 142 Å². The molecule has 0 N–H and O–H groups in total. The van der Waals surface area contributed by atoms with E-state index in [0.29, 0.717) is 11.1 Å². The van der Waals surface area contributed by atoms with Crippen molar-refractivity contribution in [2.24, 2.45) is 7.05 Å². The van der Waals surface area contributed by atoms with Crippen molar-refractivity contribution in [2.75, 3.05) is 7.05 Å². The lowest BCUT2D eigenvalue weighted by molar-refractivity contribution is 0.0775. The molecule has 3 rings (SSSR count). The van der Waals surface area contributed by atoms with Crippen LogP contribution in [0.15, 0.2) is 47.3 Å². The van der Waals surface area contributed by atoms with Crippen molar-refractivity contribution in [1.82, 2.24) is 14.7 Å². The van der Waals surface area contributed by atoms with E-state index in [2.05, 4.69) is 5.10 Å². The molecule has 5 nitrogen and oxygen atoms in total. The van der Waals surface area contributed by atoms with E-state index in [4.69, 9.17) is 0 Å². The molecule has 0 aliphatic carbocycles. The predicted octanol–water partition coefficient (Wildman–Crippen LogP) is 2.48. The fourth-order valence-corrected chi connectivity index (χ4v) is 2.65. The van der Waals surface area contributed by atoms with Gasteiger partial charge in [0.2, 0.25) is 5.43 Å². The van der Waals surface area contributed by atoms with Crippen LogP contribution in [0.5, 0.6) is 0 Å². The van der Waals surface area contributed by atoms with Crippen molar-refractivity contribution in [1.29, 1.82) is 0 Å². The maximum absolute atomic E-state index is 13.5. The summed E-state index contributed by atoms with van der Waals surface area (Å²) in [5, 5.41) is 4.11. The highest BCUT2D eigenvalue weighted by atomic mass is 19.1. The van der Waals surface area contributed by atoms with E-state index in [1.54, 1.807) is 19.2 Å². The number of hydrogen-bond donors (Lipinski definition) is 0. The molecule has 0 bridgehead atoms. The predicted molar refractivity (Wildman–Crippen MR) is 89.1 cm³/mol. The van der Waals surface area contributed by atoms with Gasteiger partial charge in [0.05, 0.1) is 10.9 Å². The monoisotopic (exact) mass is 343 g/mol. The van der Waals surface area contributed by atoms with E-state index in [9.17, 15) is 18.4 Å². The third-order valence-electron chi connectivity index (χ3n) is 3.87. The zero-order valence-corrected chi connectivity index (χ0v) is 13.7. The van der Waals surface area contributed by atoms with Crippen LogP contribution in [0.4, 0.5) is 8.78 Å². The lowest BCUT2D eigenvalue weighted by atomic mass is 10.1. The van der Waals surface area contributed by atoms with E-state index < -0.39 is 23.0 Å². The second-order valence-corrected chi connectivity index (χ2v) is 5.75. The van der Waals surface area contributed by atoms with Crippen molar-refractivity contribution in [3.05, 3.63) is 75.6 Å². The first-order valence-electron chi connectivity index (χ1n) is 7.53. The Hall–Kier alpha value is -3.09. The summed E-state index contributed by atoms with van der Waals surface area (Å²) in [6.07, 6.45) is 0. The van der Waals surface area contributed by atoms with E-state index in [0.717, 1.165) is 6.07 Å². The molecule has 25 heavy (non-hydrogen) atoms. The number of nitrogens with zero attached hydrogens (tertiary/aromatic N) is 3. The molecular weight excluding hydrogens is 328 g/mol. The summed E-state index contributed by atoms with van der Waals surface area (Å²) in [6, 6.07) is 9.58. The fourth-order valence-electron chi connectivity index (χ4n) is 2.65. The van der Waals surface area contributed by atoms with Gasteiger partial charge in [-0.05, 0) is 35.9 Å². The Morgan fingerprint density at radius 2 is 1.88 bits per heavy atom. The summed E-state index contributed by atoms with van der Waals surface area (Å²) in [5.74, 6) is -1.59. The molecule has 2 aromatic carbocycles. The number of aromatic nitrogens is 2. The van der Waals surface area contributed by atoms with Gasteiger partial charge in [0.25, 0.3) is 5.91 Å². The molecule has 0 saturated heterocycles. The van der Waals surface area contributed by atoms with E-state index >= 15 is 0 Å². The highest BCUT2D eigenvalue weighted by Crippen LogP contribution is 2.13. The summed E-state index contributed by atoms with van der Waals surface area (Å²) >= 11 is 0. The number of hydrogen-bond acceptors (Lipinski definition) is 3. The van der Waals surface area contributed by atoms with Crippen LogP contribution < -0.4 is 5.43 Å². The van der Waals surface area contributed by atoms with Crippen LogP contribution in [0.1, 0.15) is 16.1 Å². The van der Waals surface area contributed by atoms with Gasteiger partial charge in [0.1, 0.15) is 11.6 Å². The van der Waals surface area contributed by atoms with Crippen LogP contribution in [0.25, 0.3) is 10.9 Å². The number of carbonyl (C=O) groups is 1. The molecule has 1 amide bonds. The number of amides is 1. The number of aryl methyl sites for hydroxylation is 1. The van der Waals surface area contributed by atoms with Crippen LogP contribution in [-0.2, 0) is 13.6 Å². The maximum atomic E-state index is 13.5. The first-order valence-corrected chi connectivity index (χ1v) is 7.53. The Morgan fingerprint density at radius 1 is 1.16 bits per heavy atom. The van der Waals surface area contributed by atoms with Gasteiger partial charge in [-0.15, -0.1) is 0 Å². The highest BCUT2D eigenvalue weighted by Gasteiger charge is 2.20. The molecule has 0 saturated carbocycles. The zero-order chi connectivity index (χ0) is 18.1. The van der Waals surface area contributed by atoms with Gasteiger partial charge in [-0.2, -0.15) is 5.10 Å². The van der Waals surface area contributed by atoms with Crippen LogP contribution >= 0.6 is 0 Å². The SMILES string of the molecule is CN(Cc1cccc(F)c1)C(=O)c1nn(C)c2ccc(F)cc2c1=O. The first kappa shape index (κ1) is 16.8. The summed E-state index contributed by atoms with van der Waals surface area (Å²) in [6.45, 7) is 0.114. The summed E-state index contributed by atoms with van der Waals surface area (Å²) in [5.41, 5.74) is 0.0680. The Bertz CT molecular complexity index is 1030. The molecule has 128 valence electrons. The summed E-state index contributed by atoms with van der Waals surface area (Å²) in [7, 11) is 3.06. The molecule has 0 atom stereocenters. The topological polar surface area (TPSA) is 55.2 Å². The maximum Gasteiger partial charge on any atom is 0.278 e. The lowest BCUT2D eigenvalue weighted by Crippen LogP contribution is -2.33. The molecule has 0 radical (unpaired) electrons. The van der Waals surface area contributed by atoms with Crippen molar-refractivity contribution < 1.29 is 13.6 Å². The first-order chi connectivity index (χ1) is 11.9. The van der Waals surface area contributed by atoms with Crippen LogP contribution in [0, 0.1) is 11.6 Å². The summed E-state index contributed by atoms with van der Waals surface area (Å²) < 4.78 is 28.1. The molecule has 7 heteroatoms. The van der Waals surface area contributed by atoms with Crippen molar-refractivity contribution >= 4 is 16.8 Å². The Morgan fingerprint density at radius 3 is 2.60 bits per heavy atom. The molecule has 0 aliphatic rings. The quantitative estimate of drug-likeness (QED) is 0.734. The van der Waals surface area contributed by atoms with Gasteiger partial charge in [0, 0.05) is 20.6 Å². The minimum Gasteiger partial charge on any atom is -0.336 e. The van der Waals surface area contributed by atoms with Crippen LogP contribution in [0.2, 0.25) is 0 Å². The van der Waals surface area contributed by atoms with E-state index in [1.165, 1.54) is 40.9 Å². The number of rotatable bonds is 3. The number of halogens is 2. The molecule has 1 heterocycles. The molecular formula is C18H15F2N3O2. The smallest absolute Gasteiger partial charge is 0.278 e. The lowest BCUT2D eigenvalue weighted by Gasteiger charge is -2.17. The van der Waals surface area contributed by atoms with Gasteiger partial charge in [-0.1, -0.05) is 12.1 Å². The molecule has 0 fully saturated rings. The molecule has 0 unspecified atom stereocenters.